The number of nitrogens with zero attached hydrogens (tertiary/aromatic N) is 2. The van der Waals surface area contributed by atoms with Crippen LogP contribution in [0.2, 0.25) is 0 Å². The van der Waals surface area contributed by atoms with Crippen LogP contribution in [-0.4, -0.2) is 20.9 Å². The second kappa shape index (κ2) is 6.67. The van der Waals surface area contributed by atoms with Crippen LogP contribution in [0.3, 0.4) is 0 Å². The smallest absolute Gasteiger partial charge is 0.417 e. The van der Waals surface area contributed by atoms with Gasteiger partial charge in [-0.1, -0.05) is 48.5 Å². The second-order valence-corrected chi connectivity index (χ2v) is 5.81. The molecule has 1 heterocycles. The number of carbonyl (C=O) groups is 1. The van der Waals surface area contributed by atoms with Crippen molar-refractivity contribution in [3.05, 3.63) is 77.0 Å². The predicted molar refractivity (Wildman–Crippen MR) is 89.9 cm³/mol. The van der Waals surface area contributed by atoms with Crippen LogP contribution in [0, 0.1) is 6.92 Å². The average molecular weight is 360 g/mol. The van der Waals surface area contributed by atoms with Crippen LogP contribution < -0.4 is 0 Å². The molecule has 0 aliphatic heterocycles. The molecular weight excluding hydrogens is 345 g/mol. The lowest BCUT2D eigenvalue weighted by Crippen LogP contribution is -2.10. The summed E-state index contributed by atoms with van der Waals surface area (Å²) in [6, 6.07) is 14.1. The van der Waals surface area contributed by atoms with E-state index in [2.05, 4.69) is 5.10 Å². The van der Waals surface area contributed by atoms with Gasteiger partial charge in [0.05, 0.1) is 17.8 Å². The fourth-order valence-electron chi connectivity index (χ4n) is 2.90. The number of halogens is 3. The lowest BCUT2D eigenvalue weighted by molar-refractivity contribution is -0.137. The van der Waals surface area contributed by atoms with Crippen LogP contribution in [-0.2, 0) is 12.7 Å². The second-order valence-electron chi connectivity index (χ2n) is 5.81. The highest BCUT2D eigenvalue weighted by Gasteiger charge is 2.35. The molecule has 7 heteroatoms. The summed E-state index contributed by atoms with van der Waals surface area (Å²) in [5.74, 6) is -1.28. The molecule has 3 aromatic rings. The zero-order valence-corrected chi connectivity index (χ0v) is 13.8. The molecule has 3 rings (SSSR count). The molecule has 2 aromatic carbocycles. The largest absolute Gasteiger partial charge is 0.476 e. The Balaban J connectivity index is 2.23. The van der Waals surface area contributed by atoms with Crippen molar-refractivity contribution in [2.75, 3.05) is 0 Å². The van der Waals surface area contributed by atoms with E-state index >= 15 is 0 Å². The molecule has 26 heavy (non-hydrogen) atoms. The van der Waals surface area contributed by atoms with E-state index in [1.54, 1.807) is 24.3 Å². The van der Waals surface area contributed by atoms with E-state index in [-0.39, 0.29) is 29.1 Å². The molecule has 134 valence electrons. The summed E-state index contributed by atoms with van der Waals surface area (Å²) >= 11 is 0. The monoisotopic (exact) mass is 360 g/mol. The van der Waals surface area contributed by atoms with Gasteiger partial charge in [0.25, 0.3) is 0 Å². The first kappa shape index (κ1) is 17.7. The maximum absolute atomic E-state index is 13.4. The molecule has 0 spiro atoms. The van der Waals surface area contributed by atoms with Gasteiger partial charge in [0.2, 0.25) is 0 Å². The van der Waals surface area contributed by atoms with Crippen LogP contribution in [0.4, 0.5) is 13.2 Å². The van der Waals surface area contributed by atoms with Crippen LogP contribution >= 0.6 is 0 Å². The van der Waals surface area contributed by atoms with Gasteiger partial charge in [0, 0.05) is 11.1 Å². The van der Waals surface area contributed by atoms with Crippen LogP contribution in [0.15, 0.2) is 54.6 Å². The molecule has 1 N–H and O–H groups in total. The van der Waals surface area contributed by atoms with E-state index in [1.807, 2.05) is 6.07 Å². The van der Waals surface area contributed by atoms with Gasteiger partial charge in [-0.15, -0.1) is 0 Å². The average Bonchev–Trinajstić information content (AvgIpc) is 2.91. The van der Waals surface area contributed by atoms with Crippen LogP contribution in [0.5, 0.6) is 0 Å². The number of aromatic nitrogens is 2. The van der Waals surface area contributed by atoms with Gasteiger partial charge < -0.3 is 5.11 Å². The van der Waals surface area contributed by atoms with E-state index < -0.39 is 17.7 Å². The van der Waals surface area contributed by atoms with Gasteiger partial charge in [0.1, 0.15) is 0 Å². The number of alkyl halides is 3. The fraction of sp³-hybridized carbons (Fsp3) is 0.158. The van der Waals surface area contributed by atoms with Gasteiger partial charge in [-0.05, 0) is 18.6 Å². The third-order valence-corrected chi connectivity index (χ3v) is 4.05. The molecule has 0 aliphatic carbocycles. The highest BCUT2D eigenvalue weighted by molar-refractivity contribution is 5.90. The van der Waals surface area contributed by atoms with Crippen molar-refractivity contribution in [1.29, 1.82) is 0 Å². The zero-order valence-electron chi connectivity index (χ0n) is 13.8. The summed E-state index contributed by atoms with van der Waals surface area (Å²) in [5, 5.41) is 13.4. The van der Waals surface area contributed by atoms with E-state index in [4.69, 9.17) is 0 Å². The van der Waals surface area contributed by atoms with Crippen LogP contribution in [0.25, 0.3) is 11.3 Å². The summed E-state index contributed by atoms with van der Waals surface area (Å²) < 4.78 is 41.6. The molecule has 0 radical (unpaired) electrons. The Kier molecular flexibility index (Phi) is 4.54. The SMILES string of the molecule is Cc1c(C(=O)O)nn(Cc2ccccc2)c1-c1ccccc1C(F)(F)F. The highest BCUT2D eigenvalue weighted by Crippen LogP contribution is 2.38. The van der Waals surface area contributed by atoms with E-state index in [0.717, 1.165) is 11.6 Å². The van der Waals surface area contributed by atoms with Gasteiger partial charge in [0.15, 0.2) is 5.69 Å². The molecule has 0 amide bonds. The Morgan fingerprint density at radius 2 is 1.69 bits per heavy atom. The summed E-state index contributed by atoms with van der Waals surface area (Å²) in [6.45, 7) is 1.64. The Labute approximate surface area is 147 Å². The topological polar surface area (TPSA) is 55.1 Å². The minimum atomic E-state index is -4.56. The molecule has 0 unspecified atom stereocenters. The van der Waals surface area contributed by atoms with Crippen molar-refractivity contribution < 1.29 is 23.1 Å². The number of hydrogen-bond donors (Lipinski definition) is 1. The van der Waals surface area contributed by atoms with Crippen molar-refractivity contribution in [3.63, 3.8) is 0 Å². The Hall–Kier alpha value is -3.09. The summed E-state index contributed by atoms with van der Waals surface area (Å²) in [4.78, 5) is 11.5. The van der Waals surface area contributed by atoms with Crippen LogP contribution in [0.1, 0.15) is 27.2 Å². The summed E-state index contributed by atoms with van der Waals surface area (Å²) in [5.41, 5.74) is -0.0161. The number of hydrogen-bond acceptors (Lipinski definition) is 2. The number of carboxylic acids is 1. The van der Waals surface area contributed by atoms with Gasteiger partial charge in [-0.3, -0.25) is 4.68 Å². The molecular formula is C19H15F3N2O2. The van der Waals surface area contributed by atoms with Gasteiger partial charge >= 0.3 is 12.1 Å². The molecule has 0 saturated carbocycles. The predicted octanol–water partition coefficient (Wildman–Crippen LogP) is 4.62. The van der Waals surface area contributed by atoms with Crippen molar-refractivity contribution in [3.8, 4) is 11.3 Å². The minimum absolute atomic E-state index is 0.0894. The third kappa shape index (κ3) is 3.33. The van der Waals surface area contributed by atoms with Gasteiger partial charge in [-0.2, -0.15) is 18.3 Å². The molecule has 0 atom stereocenters. The number of carboxylic acid groups (broad SMARTS) is 1. The number of aromatic carboxylic acids is 1. The first-order valence-corrected chi connectivity index (χ1v) is 7.80. The molecule has 1 aromatic heterocycles. The normalized spacial score (nSPS) is 11.5. The van der Waals surface area contributed by atoms with Crippen molar-refractivity contribution in [1.82, 2.24) is 9.78 Å². The Bertz CT molecular complexity index is 947. The van der Waals surface area contributed by atoms with E-state index in [1.165, 1.54) is 29.8 Å². The van der Waals surface area contributed by atoms with Crippen molar-refractivity contribution in [2.45, 2.75) is 19.6 Å². The number of benzene rings is 2. The first-order valence-electron chi connectivity index (χ1n) is 7.80. The highest BCUT2D eigenvalue weighted by atomic mass is 19.4. The molecule has 0 saturated heterocycles. The third-order valence-electron chi connectivity index (χ3n) is 4.05. The zero-order chi connectivity index (χ0) is 18.9. The maximum atomic E-state index is 13.4. The lowest BCUT2D eigenvalue weighted by atomic mass is 10.00. The number of rotatable bonds is 4. The Morgan fingerprint density at radius 1 is 1.08 bits per heavy atom. The lowest BCUT2D eigenvalue weighted by Gasteiger charge is -2.15. The molecule has 4 nitrogen and oxygen atoms in total. The summed E-state index contributed by atoms with van der Waals surface area (Å²) in [7, 11) is 0. The summed E-state index contributed by atoms with van der Waals surface area (Å²) in [6.07, 6.45) is -4.56. The van der Waals surface area contributed by atoms with Crippen molar-refractivity contribution in [2.24, 2.45) is 0 Å². The molecule has 0 aliphatic rings. The Morgan fingerprint density at radius 3 is 2.31 bits per heavy atom. The molecule has 0 bridgehead atoms. The standard InChI is InChI=1S/C19H15F3N2O2/c1-12-16(18(25)26)23-24(11-13-7-3-2-4-8-13)17(12)14-9-5-6-10-15(14)19(20,21)22/h2-10H,11H2,1H3,(H,25,26). The minimum Gasteiger partial charge on any atom is -0.476 e. The van der Waals surface area contributed by atoms with Crippen molar-refractivity contribution >= 4 is 5.97 Å². The van der Waals surface area contributed by atoms with Gasteiger partial charge in [-0.25, -0.2) is 4.79 Å². The van der Waals surface area contributed by atoms with E-state index in [9.17, 15) is 23.1 Å². The molecule has 0 fully saturated rings. The maximum Gasteiger partial charge on any atom is 0.417 e. The quantitative estimate of drug-likeness (QED) is 0.738. The van der Waals surface area contributed by atoms with E-state index in [0.29, 0.717) is 0 Å². The fourth-order valence-corrected chi connectivity index (χ4v) is 2.90. The first-order chi connectivity index (χ1) is 12.3.